The average Bonchev–Trinajstić information content (AvgIpc) is 3.29. The van der Waals surface area contributed by atoms with E-state index in [0.29, 0.717) is 43.9 Å². The van der Waals surface area contributed by atoms with Crippen molar-refractivity contribution in [3.63, 3.8) is 0 Å². The summed E-state index contributed by atoms with van der Waals surface area (Å²) in [7, 11) is 1.63. The SMILES string of the molecule is COc1ccc(C(=O)N2CCC(C(=O)NCc3nnc4ccccn34)CC2)c2ccccc12. The van der Waals surface area contributed by atoms with Gasteiger partial charge in [0.1, 0.15) is 5.75 Å². The summed E-state index contributed by atoms with van der Waals surface area (Å²) in [5.74, 6) is 1.30. The van der Waals surface area contributed by atoms with E-state index < -0.39 is 0 Å². The highest BCUT2D eigenvalue weighted by Gasteiger charge is 2.28. The monoisotopic (exact) mass is 443 g/mol. The zero-order valence-electron chi connectivity index (χ0n) is 18.4. The molecule has 8 nitrogen and oxygen atoms in total. The third kappa shape index (κ3) is 4.00. The first-order chi connectivity index (χ1) is 16.2. The Morgan fingerprint density at radius 3 is 2.55 bits per heavy atom. The van der Waals surface area contributed by atoms with E-state index in [4.69, 9.17) is 4.74 Å². The number of hydrogen-bond acceptors (Lipinski definition) is 5. The first kappa shape index (κ1) is 20.9. The van der Waals surface area contributed by atoms with Gasteiger partial charge in [-0.15, -0.1) is 10.2 Å². The Balaban J connectivity index is 1.22. The van der Waals surface area contributed by atoms with Gasteiger partial charge in [0.05, 0.1) is 13.7 Å². The van der Waals surface area contributed by atoms with Crippen LogP contribution >= 0.6 is 0 Å². The minimum absolute atomic E-state index is 0.00956. The first-order valence-electron chi connectivity index (χ1n) is 11.1. The normalized spacial score (nSPS) is 14.5. The van der Waals surface area contributed by atoms with Crippen molar-refractivity contribution in [3.8, 4) is 5.75 Å². The molecule has 0 bridgehead atoms. The summed E-state index contributed by atoms with van der Waals surface area (Å²) in [6, 6.07) is 17.1. The van der Waals surface area contributed by atoms with E-state index in [9.17, 15) is 9.59 Å². The zero-order chi connectivity index (χ0) is 22.8. The van der Waals surface area contributed by atoms with Gasteiger partial charge in [-0.1, -0.05) is 30.3 Å². The van der Waals surface area contributed by atoms with Crippen LogP contribution in [-0.2, 0) is 11.3 Å². The van der Waals surface area contributed by atoms with Crippen LogP contribution in [0.5, 0.6) is 5.75 Å². The highest BCUT2D eigenvalue weighted by atomic mass is 16.5. The number of likely N-dealkylation sites (tertiary alicyclic amines) is 1. The molecule has 0 atom stereocenters. The van der Waals surface area contributed by atoms with Crippen LogP contribution in [0.4, 0.5) is 0 Å². The fourth-order valence-corrected chi connectivity index (χ4v) is 4.47. The van der Waals surface area contributed by atoms with Crippen molar-refractivity contribution in [3.05, 3.63) is 72.2 Å². The average molecular weight is 444 g/mol. The van der Waals surface area contributed by atoms with Crippen LogP contribution in [0.3, 0.4) is 0 Å². The number of amides is 2. The summed E-state index contributed by atoms with van der Waals surface area (Å²) < 4.78 is 7.30. The third-order valence-corrected chi connectivity index (χ3v) is 6.29. The van der Waals surface area contributed by atoms with Crippen molar-refractivity contribution < 1.29 is 14.3 Å². The van der Waals surface area contributed by atoms with Crippen LogP contribution in [0.2, 0.25) is 0 Å². The maximum absolute atomic E-state index is 13.3. The number of piperidine rings is 1. The highest BCUT2D eigenvalue weighted by molar-refractivity contribution is 6.08. The number of carbonyl (C=O) groups is 2. The van der Waals surface area contributed by atoms with E-state index in [0.717, 1.165) is 22.2 Å². The summed E-state index contributed by atoms with van der Waals surface area (Å²) in [5, 5.41) is 13.0. The minimum atomic E-state index is -0.124. The van der Waals surface area contributed by atoms with Gasteiger partial charge in [-0.2, -0.15) is 0 Å². The van der Waals surface area contributed by atoms with Gasteiger partial charge in [0.2, 0.25) is 5.91 Å². The molecule has 168 valence electrons. The van der Waals surface area contributed by atoms with Crippen molar-refractivity contribution in [2.75, 3.05) is 20.2 Å². The number of methoxy groups -OCH3 is 1. The molecule has 0 saturated carbocycles. The molecule has 2 amide bonds. The Labute approximate surface area is 191 Å². The Hall–Kier alpha value is -3.94. The fraction of sp³-hybridized carbons (Fsp3) is 0.280. The number of aromatic nitrogens is 3. The van der Waals surface area contributed by atoms with Crippen LogP contribution < -0.4 is 10.1 Å². The number of hydrogen-bond donors (Lipinski definition) is 1. The largest absolute Gasteiger partial charge is 0.496 e. The van der Waals surface area contributed by atoms with Crippen LogP contribution in [0.25, 0.3) is 16.4 Å². The predicted octanol–water partition coefficient (Wildman–Crippen LogP) is 3.06. The van der Waals surface area contributed by atoms with Crippen molar-refractivity contribution >= 4 is 28.2 Å². The molecule has 33 heavy (non-hydrogen) atoms. The molecule has 1 aliphatic rings. The quantitative estimate of drug-likeness (QED) is 0.512. The molecule has 0 radical (unpaired) electrons. The van der Waals surface area contributed by atoms with Gasteiger partial charge in [0.25, 0.3) is 5.91 Å². The number of nitrogens with zero attached hydrogens (tertiary/aromatic N) is 4. The maximum Gasteiger partial charge on any atom is 0.254 e. The predicted molar refractivity (Wildman–Crippen MR) is 124 cm³/mol. The zero-order valence-corrected chi connectivity index (χ0v) is 18.4. The standard InChI is InChI=1S/C25H25N5O3/c1-33-21-10-9-20(18-6-2-3-7-19(18)21)25(32)29-14-11-17(12-15-29)24(31)26-16-23-28-27-22-8-4-5-13-30(22)23/h2-10,13,17H,11-12,14-16H2,1H3,(H,26,31). The van der Waals surface area contributed by atoms with Gasteiger partial charge in [0.15, 0.2) is 11.5 Å². The third-order valence-electron chi connectivity index (χ3n) is 6.29. The molecule has 0 spiro atoms. The first-order valence-corrected chi connectivity index (χ1v) is 11.1. The Morgan fingerprint density at radius 1 is 1.00 bits per heavy atom. The lowest BCUT2D eigenvalue weighted by atomic mass is 9.94. The van der Waals surface area contributed by atoms with E-state index in [1.54, 1.807) is 7.11 Å². The van der Waals surface area contributed by atoms with Crippen molar-refractivity contribution in [2.45, 2.75) is 19.4 Å². The van der Waals surface area contributed by atoms with E-state index in [1.165, 1.54) is 0 Å². The van der Waals surface area contributed by atoms with Gasteiger partial charge in [-0.3, -0.25) is 14.0 Å². The molecular weight excluding hydrogens is 418 g/mol. The van der Waals surface area contributed by atoms with Crippen molar-refractivity contribution in [1.82, 2.24) is 24.8 Å². The van der Waals surface area contributed by atoms with Gasteiger partial charge in [-0.25, -0.2) is 0 Å². The summed E-state index contributed by atoms with van der Waals surface area (Å²) in [5.41, 5.74) is 1.41. The Bertz CT molecular complexity index is 1320. The lowest BCUT2D eigenvalue weighted by Crippen LogP contribution is -2.43. The number of nitrogens with one attached hydrogen (secondary N) is 1. The lowest BCUT2D eigenvalue weighted by molar-refractivity contribution is -0.126. The number of benzene rings is 2. The number of fused-ring (bicyclic) bond motifs is 2. The minimum Gasteiger partial charge on any atom is -0.496 e. The topological polar surface area (TPSA) is 88.8 Å². The van der Waals surface area contributed by atoms with Crippen LogP contribution in [0.1, 0.15) is 29.0 Å². The molecule has 1 N–H and O–H groups in total. The van der Waals surface area contributed by atoms with Gasteiger partial charge < -0.3 is 15.0 Å². The molecule has 0 unspecified atom stereocenters. The second-order valence-electron chi connectivity index (χ2n) is 8.19. The van der Waals surface area contributed by atoms with E-state index >= 15 is 0 Å². The number of pyridine rings is 1. The van der Waals surface area contributed by atoms with Crippen molar-refractivity contribution in [2.24, 2.45) is 5.92 Å². The molecule has 4 aromatic rings. The van der Waals surface area contributed by atoms with Gasteiger partial charge in [-0.05, 0) is 42.5 Å². The molecular formula is C25H25N5O3. The molecule has 1 fully saturated rings. The van der Waals surface area contributed by atoms with Gasteiger partial charge >= 0.3 is 0 Å². The molecule has 0 aliphatic carbocycles. The van der Waals surface area contributed by atoms with E-state index in [-0.39, 0.29) is 17.7 Å². The van der Waals surface area contributed by atoms with Crippen LogP contribution in [0.15, 0.2) is 60.8 Å². The summed E-state index contributed by atoms with van der Waals surface area (Å²) in [6.07, 6.45) is 3.14. The van der Waals surface area contributed by atoms with Crippen molar-refractivity contribution in [1.29, 1.82) is 0 Å². The summed E-state index contributed by atoms with van der Waals surface area (Å²) in [4.78, 5) is 27.8. The molecule has 1 aliphatic heterocycles. The Kier molecular flexibility index (Phi) is 5.64. The van der Waals surface area contributed by atoms with E-state index in [1.807, 2.05) is 70.1 Å². The second-order valence-corrected chi connectivity index (χ2v) is 8.19. The molecule has 2 aromatic heterocycles. The molecule has 1 saturated heterocycles. The van der Waals surface area contributed by atoms with Crippen LogP contribution in [0, 0.1) is 5.92 Å². The molecule has 5 rings (SSSR count). The number of ether oxygens (including phenoxy) is 1. The fourth-order valence-electron chi connectivity index (χ4n) is 4.47. The Morgan fingerprint density at radius 2 is 1.76 bits per heavy atom. The van der Waals surface area contributed by atoms with Gasteiger partial charge in [0, 0.05) is 36.2 Å². The summed E-state index contributed by atoms with van der Waals surface area (Å²) >= 11 is 0. The molecule has 3 heterocycles. The number of carbonyl (C=O) groups excluding carboxylic acids is 2. The highest BCUT2D eigenvalue weighted by Crippen LogP contribution is 2.30. The summed E-state index contributed by atoms with van der Waals surface area (Å²) in [6.45, 7) is 1.41. The van der Waals surface area contributed by atoms with Crippen LogP contribution in [-0.4, -0.2) is 51.5 Å². The maximum atomic E-state index is 13.3. The molecule has 2 aromatic carbocycles. The molecule has 8 heteroatoms. The van der Waals surface area contributed by atoms with E-state index in [2.05, 4.69) is 15.5 Å². The smallest absolute Gasteiger partial charge is 0.254 e. The lowest BCUT2D eigenvalue weighted by Gasteiger charge is -2.31. The number of rotatable bonds is 5. The second kappa shape index (κ2) is 8.90.